The lowest BCUT2D eigenvalue weighted by Gasteiger charge is -2.18. The average Bonchev–Trinajstić information content (AvgIpc) is 2.62. The van der Waals surface area contributed by atoms with Crippen molar-refractivity contribution in [2.75, 3.05) is 18.4 Å². The first kappa shape index (κ1) is 20.9. The van der Waals surface area contributed by atoms with Crippen molar-refractivity contribution >= 4 is 21.6 Å². The number of alkyl halides is 3. The fourth-order valence-corrected chi connectivity index (χ4v) is 3.89. The van der Waals surface area contributed by atoms with E-state index in [0.29, 0.717) is 13.1 Å². The van der Waals surface area contributed by atoms with E-state index in [0.717, 1.165) is 24.3 Å². The van der Waals surface area contributed by atoms with Crippen LogP contribution in [0.25, 0.3) is 0 Å². The van der Waals surface area contributed by atoms with Gasteiger partial charge in [-0.3, -0.25) is 4.79 Å². The van der Waals surface area contributed by atoms with Gasteiger partial charge in [0.2, 0.25) is 10.0 Å². The summed E-state index contributed by atoms with van der Waals surface area (Å²) < 4.78 is 63.8. The minimum absolute atomic E-state index is 0.0669. The van der Waals surface area contributed by atoms with Gasteiger partial charge >= 0.3 is 6.18 Å². The van der Waals surface area contributed by atoms with E-state index in [2.05, 4.69) is 5.32 Å². The van der Waals surface area contributed by atoms with Crippen molar-refractivity contribution in [3.63, 3.8) is 0 Å². The molecule has 0 radical (unpaired) electrons. The molecule has 1 N–H and O–H groups in total. The number of hydrogen-bond donors (Lipinski definition) is 1. The summed E-state index contributed by atoms with van der Waals surface area (Å²) in [6.07, 6.45) is -4.45. The highest BCUT2D eigenvalue weighted by molar-refractivity contribution is 7.89. The SMILES string of the molecule is CCN(CC)S(=O)(=O)c1ccc(C(=O)Nc2ccc(C(F)(F)F)cc2)cc1. The number of sulfonamides is 1. The van der Waals surface area contributed by atoms with Crippen molar-refractivity contribution in [1.82, 2.24) is 4.31 Å². The molecule has 0 spiro atoms. The molecule has 0 unspecified atom stereocenters. The van der Waals surface area contributed by atoms with Gasteiger partial charge in [0, 0.05) is 24.3 Å². The minimum Gasteiger partial charge on any atom is -0.322 e. The predicted molar refractivity (Wildman–Crippen MR) is 95.9 cm³/mol. The van der Waals surface area contributed by atoms with Crippen molar-refractivity contribution in [1.29, 1.82) is 0 Å². The van der Waals surface area contributed by atoms with Crippen LogP contribution in [0.2, 0.25) is 0 Å². The zero-order valence-corrected chi connectivity index (χ0v) is 15.6. The molecule has 0 aromatic heterocycles. The summed E-state index contributed by atoms with van der Waals surface area (Å²) in [4.78, 5) is 12.3. The zero-order valence-electron chi connectivity index (χ0n) is 14.7. The summed E-state index contributed by atoms with van der Waals surface area (Å²) in [6, 6.07) is 9.42. The molecule has 0 saturated carbocycles. The molecular weight excluding hydrogens is 381 g/mol. The van der Waals surface area contributed by atoms with Crippen molar-refractivity contribution in [3.8, 4) is 0 Å². The Morgan fingerprint density at radius 2 is 1.48 bits per heavy atom. The maximum Gasteiger partial charge on any atom is 0.416 e. The normalized spacial score (nSPS) is 12.2. The van der Waals surface area contributed by atoms with Gasteiger partial charge in [-0.05, 0) is 48.5 Å². The summed E-state index contributed by atoms with van der Waals surface area (Å²) in [5.74, 6) is -0.554. The lowest BCUT2D eigenvalue weighted by molar-refractivity contribution is -0.137. The van der Waals surface area contributed by atoms with E-state index < -0.39 is 27.7 Å². The van der Waals surface area contributed by atoms with Gasteiger partial charge in [-0.1, -0.05) is 13.8 Å². The number of amides is 1. The molecule has 9 heteroatoms. The van der Waals surface area contributed by atoms with Gasteiger partial charge in [-0.25, -0.2) is 8.42 Å². The number of hydrogen-bond acceptors (Lipinski definition) is 3. The number of anilines is 1. The van der Waals surface area contributed by atoms with E-state index in [-0.39, 0.29) is 16.1 Å². The van der Waals surface area contributed by atoms with Crippen LogP contribution < -0.4 is 5.32 Å². The van der Waals surface area contributed by atoms with Crippen molar-refractivity contribution in [2.45, 2.75) is 24.9 Å². The first-order valence-corrected chi connectivity index (χ1v) is 9.62. The maximum atomic E-state index is 12.5. The van der Waals surface area contributed by atoms with Crippen LogP contribution in [0.4, 0.5) is 18.9 Å². The molecule has 0 aliphatic carbocycles. The Labute approximate surface area is 155 Å². The van der Waals surface area contributed by atoms with Gasteiger partial charge in [0.15, 0.2) is 0 Å². The van der Waals surface area contributed by atoms with Gasteiger partial charge in [-0.15, -0.1) is 0 Å². The van der Waals surface area contributed by atoms with Crippen LogP contribution in [0, 0.1) is 0 Å². The van der Waals surface area contributed by atoms with Gasteiger partial charge in [0.05, 0.1) is 10.5 Å². The van der Waals surface area contributed by atoms with E-state index in [1.165, 1.54) is 28.6 Å². The highest BCUT2D eigenvalue weighted by atomic mass is 32.2. The summed E-state index contributed by atoms with van der Waals surface area (Å²) in [6.45, 7) is 4.11. The fraction of sp³-hybridized carbons (Fsp3) is 0.278. The molecule has 0 saturated heterocycles. The summed E-state index contributed by atoms with van der Waals surface area (Å²) in [5, 5.41) is 2.47. The third-order valence-corrected chi connectivity index (χ3v) is 5.99. The monoisotopic (exact) mass is 400 g/mol. The molecule has 5 nitrogen and oxygen atoms in total. The molecule has 2 aromatic carbocycles. The first-order valence-electron chi connectivity index (χ1n) is 8.18. The minimum atomic E-state index is -4.45. The summed E-state index contributed by atoms with van der Waals surface area (Å²) in [7, 11) is -3.63. The quantitative estimate of drug-likeness (QED) is 0.797. The summed E-state index contributed by atoms with van der Waals surface area (Å²) >= 11 is 0. The summed E-state index contributed by atoms with van der Waals surface area (Å²) in [5.41, 5.74) is -0.423. The molecule has 27 heavy (non-hydrogen) atoms. The second kappa shape index (κ2) is 8.10. The standard InChI is InChI=1S/C18H19F3N2O3S/c1-3-23(4-2)27(25,26)16-11-5-13(6-12-16)17(24)22-15-9-7-14(8-10-15)18(19,20)21/h5-12H,3-4H2,1-2H3,(H,22,24). The molecule has 0 bridgehead atoms. The van der Waals surface area contributed by atoms with Gasteiger partial charge < -0.3 is 5.32 Å². The Kier molecular flexibility index (Phi) is 6.27. The molecule has 146 valence electrons. The molecule has 0 atom stereocenters. The molecule has 2 rings (SSSR count). The third kappa shape index (κ3) is 4.86. The number of nitrogens with one attached hydrogen (secondary N) is 1. The number of carbonyl (C=O) groups is 1. The molecule has 2 aromatic rings. The number of carbonyl (C=O) groups excluding carboxylic acids is 1. The number of halogens is 3. The second-order valence-corrected chi connectivity index (χ2v) is 7.58. The van der Waals surface area contributed by atoms with E-state index in [1.54, 1.807) is 13.8 Å². The van der Waals surface area contributed by atoms with Crippen molar-refractivity contribution < 1.29 is 26.4 Å². The van der Waals surface area contributed by atoms with Crippen LogP contribution in [-0.4, -0.2) is 31.7 Å². The Morgan fingerprint density at radius 3 is 1.93 bits per heavy atom. The van der Waals surface area contributed by atoms with Crippen molar-refractivity contribution in [3.05, 3.63) is 59.7 Å². The van der Waals surface area contributed by atoms with Gasteiger partial charge in [0.25, 0.3) is 5.91 Å². The van der Waals surface area contributed by atoms with E-state index in [4.69, 9.17) is 0 Å². The molecule has 1 amide bonds. The van der Waals surface area contributed by atoms with Gasteiger partial charge in [-0.2, -0.15) is 17.5 Å². The highest BCUT2D eigenvalue weighted by Gasteiger charge is 2.30. The molecule has 0 aliphatic rings. The molecule has 0 heterocycles. The van der Waals surface area contributed by atoms with Crippen LogP contribution in [0.15, 0.2) is 53.4 Å². The lowest BCUT2D eigenvalue weighted by atomic mass is 10.2. The first-order chi connectivity index (χ1) is 12.6. The smallest absolute Gasteiger partial charge is 0.322 e. The van der Waals surface area contributed by atoms with Crippen LogP contribution in [0.5, 0.6) is 0 Å². The number of benzene rings is 2. The maximum absolute atomic E-state index is 12.5. The highest BCUT2D eigenvalue weighted by Crippen LogP contribution is 2.29. The van der Waals surface area contributed by atoms with Gasteiger partial charge in [0.1, 0.15) is 0 Å². The van der Waals surface area contributed by atoms with E-state index in [1.807, 2.05) is 0 Å². The topological polar surface area (TPSA) is 66.5 Å². The van der Waals surface area contributed by atoms with Crippen LogP contribution in [-0.2, 0) is 16.2 Å². The molecule has 0 aliphatic heterocycles. The number of rotatable bonds is 6. The van der Waals surface area contributed by atoms with Crippen LogP contribution in [0.1, 0.15) is 29.8 Å². The third-order valence-electron chi connectivity index (χ3n) is 3.93. The van der Waals surface area contributed by atoms with E-state index in [9.17, 15) is 26.4 Å². The molecule has 0 fully saturated rings. The Morgan fingerprint density at radius 1 is 0.963 bits per heavy atom. The number of nitrogens with zero attached hydrogens (tertiary/aromatic N) is 1. The Bertz CT molecular complexity index is 889. The van der Waals surface area contributed by atoms with E-state index >= 15 is 0 Å². The second-order valence-electron chi connectivity index (χ2n) is 5.64. The predicted octanol–water partition coefficient (Wildman–Crippen LogP) is 3.99. The molecular formula is C18H19F3N2O3S. The van der Waals surface area contributed by atoms with Crippen LogP contribution in [0.3, 0.4) is 0 Å². The Balaban J connectivity index is 2.14. The van der Waals surface area contributed by atoms with Crippen molar-refractivity contribution in [2.24, 2.45) is 0 Å². The largest absolute Gasteiger partial charge is 0.416 e. The Hall–Kier alpha value is -2.39. The fourth-order valence-electron chi connectivity index (χ4n) is 2.44. The van der Waals surface area contributed by atoms with Crippen LogP contribution >= 0.6 is 0 Å². The zero-order chi connectivity index (χ0) is 20.2. The lowest BCUT2D eigenvalue weighted by Crippen LogP contribution is -2.30. The average molecular weight is 400 g/mol.